The van der Waals surface area contributed by atoms with E-state index in [-0.39, 0.29) is 12.2 Å². The van der Waals surface area contributed by atoms with Crippen molar-refractivity contribution in [3.8, 4) is 0 Å². The molecule has 3 heteroatoms. The van der Waals surface area contributed by atoms with Gasteiger partial charge < -0.3 is 5.21 Å². The molecular weight excluding hydrogens is 202 g/mol. The molecule has 1 aromatic carbocycles. The second kappa shape index (κ2) is 4.57. The summed E-state index contributed by atoms with van der Waals surface area (Å²) in [6.07, 6.45) is 1.53. The highest BCUT2D eigenvalue weighted by Crippen LogP contribution is 2.04. The largest absolute Gasteiger partial charge is 0.618 e. The number of rotatable bonds is 3. The van der Waals surface area contributed by atoms with Crippen molar-refractivity contribution in [3.05, 3.63) is 71.2 Å². The van der Waals surface area contributed by atoms with Gasteiger partial charge in [0, 0.05) is 17.7 Å². The molecule has 0 aliphatic rings. The molecule has 0 spiro atoms. The van der Waals surface area contributed by atoms with Crippen LogP contribution in [0.25, 0.3) is 0 Å². The van der Waals surface area contributed by atoms with Crippen molar-refractivity contribution in [1.82, 2.24) is 0 Å². The Kier molecular flexibility index (Phi) is 2.96. The molecule has 0 aliphatic heterocycles. The Morgan fingerprint density at radius 2 is 1.75 bits per heavy atom. The number of hydrogen-bond donors (Lipinski definition) is 0. The second-order valence-electron chi connectivity index (χ2n) is 3.48. The van der Waals surface area contributed by atoms with Gasteiger partial charge in [-0.05, 0) is 6.07 Å². The Balaban J connectivity index is 2.18. The zero-order valence-corrected chi connectivity index (χ0v) is 8.67. The molecule has 1 heterocycles. The Hall–Kier alpha value is -2.16. The smallest absolute Gasteiger partial charge is 0.200 e. The van der Waals surface area contributed by atoms with E-state index in [0.29, 0.717) is 11.3 Å². The molecule has 16 heavy (non-hydrogen) atoms. The van der Waals surface area contributed by atoms with Gasteiger partial charge in [0.2, 0.25) is 5.69 Å². The van der Waals surface area contributed by atoms with Crippen LogP contribution in [-0.4, -0.2) is 5.78 Å². The monoisotopic (exact) mass is 213 g/mol. The number of carbonyl (C=O) groups excluding carboxylic acids is 1. The number of ketones is 1. The SMILES string of the molecule is O=C(Cc1cccc[n+]1[O-])c1ccccc1. The first kappa shape index (κ1) is 10.4. The zero-order valence-electron chi connectivity index (χ0n) is 8.67. The summed E-state index contributed by atoms with van der Waals surface area (Å²) in [5, 5.41) is 11.4. The fourth-order valence-corrected chi connectivity index (χ4v) is 1.49. The van der Waals surface area contributed by atoms with Gasteiger partial charge in [-0.15, -0.1) is 0 Å². The first-order chi connectivity index (χ1) is 7.77. The second-order valence-corrected chi connectivity index (χ2v) is 3.48. The van der Waals surface area contributed by atoms with E-state index in [0.717, 1.165) is 4.73 Å². The van der Waals surface area contributed by atoms with Gasteiger partial charge in [-0.3, -0.25) is 4.79 Å². The van der Waals surface area contributed by atoms with Crippen molar-refractivity contribution in [2.24, 2.45) is 0 Å². The molecule has 0 fully saturated rings. The molecule has 3 nitrogen and oxygen atoms in total. The van der Waals surface area contributed by atoms with Crippen LogP contribution in [0.5, 0.6) is 0 Å². The van der Waals surface area contributed by atoms with Gasteiger partial charge in [-0.1, -0.05) is 30.3 Å². The summed E-state index contributed by atoms with van der Waals surface area (Å²) in [6.45, 7) is 0. The van der Waals surface area contributed by atoms with E-state index in [2.05, 4.69) is 0 Å². The van der Waals surface area contributed by atoms with Crippen molar-refractivity contribution < 1.29 is 9.52 Å². The molecule has 80 valence electrons. The molecule has 0 atom stereocenters. The van der Waals surface area contributed by atoms with Crippen molar-refractivity contribution >= 4 is 5.78 Å². The maximum Gasteiger partial charge on any atom is 0.200 e. The lowest BCUT2D eigenvalue weighted by atomic mass is 10.1. The minimum atomic E-state index is -0.0450. The molecule has 2 aromatic rings. The third-order valence-corrected chi connectivity index (χ3v) is 2.34. The van der Waals surface area contributed by atoms with Crippen LogP contribution in [0, 0.1) is 5.21 Å². The summed E-state index contributed by atoms with van der Waals surface area (Å²) in [5.41, 5.74) is 1.10. The van der Waals surface area contributed by atoms with Crippen molar-refractivity contribution in [3.63, 3.8) is 0 Å². The fourth-order valence-electron chi connectivity index (χ4n) is 1.49. The van der Waals surface area contributed by atoms with E-state index >= 15 is 0 Å². The number of Topliss-reactive ketones (excluding diaryl/α,β-unsaturated/α-hetero) is 1. The highest BCUT2D eigenvalue weighted by atomic mass is 16.5. The van der Waals surface area contributed by atoms with Gasteiger partial charge in [0.1, 0.15) is 0 Å². The van der Waals surface area contributed by atoms with Crippen LogP contribution in [0.15, 0.2) is 54.7 Å². The molecule has 0 amide bonds. The number of pyridine rings is 1. The average molecular weight is 213 g/mol. The number of aromatic nitrogens is 1. The highest BCUT2D eigenvalue weighted by Gasteiger charge is 2.11. The maximum absolute atomic E-state index is 11.8. The van der Waals surface area contributed by atoms with Crippen LogP contribution >= 0.6 is 0 Å². The van der Waals surface area contributed by atoms with Crippen LogP contribution in [-0.2, 0) is 6.42 Å². The molecule has 1 aromatic heterocycles. The van der Waals surface area contributed by atoms with Crippen LogP contribution in [0.3, 0.4) is 0 Å². The van der Waals surface area contributed by atoms with Gasteiger partial charge >= 0.3 is 0 Å². The predicted molar refractivity (Wildman–Crippen MR) is 59.9 cm³/mol. The summed E-state index contributed by atoms with van der Waals surface area (Å²) >= 11 is 0. The van der Waals surface area contributed by atoms with E-state index in [9.17, 15) is 10.0 Å². The molecule has 0 radical (unpaired) electrons. The molecule has 0 N–H and O–H groups in total. The third-order valence-electron chi connectivity index (χ3n) is 2.34. The lowest BCUT2D eigenvalue weighted by molar-refractivity contribution is -0.613. The molecule has 0 saturated heterocycles. The lowest BCUT2D eigenvalue weighted by Crippen LogP contribution is -2.32. The minimum Gasteiger partial charge on any atom is -0.618 e. The lowest BCUT2D eigenvalue weighted by Gasteiger charge is -2.03. The van der Waals surface area contributed by atoms with E-state index in [4.69, 9.17) is 0 Å². The average Bonchev–Trinajstić information content (AvgIpc) is 2.33. The molecule has 0 bridgehead atoms. The summed E-state index contributed by atoms with van der Waals surface area (Å²) in [6, 6.07) is 14.0. The first-order valence-electron chi connectivity index (χ1n) is 5.02. The van der Waals surface area contributed by atoms with Crippen molar-refractivity contribution in [2.45, 2.75) is 6.42 Å². The standard InChI is InChI=1S/C13H11NO2/c15-13(11-6-2-1-3-7-11)10-12-8-4-5-9-14(12)16/h1-9H,10H2. The number of carbonyl (C=O) groups is 1. The van der Waals surface area contributed by atoms with Gasteiger partial charge in [0.15, 0.2) is 12.0 Å². The van der Waals surface area contributed by atoms with Crippen molar-refractivity contribution in [2.75, 3.05) is 0 Å². The minimum absolute atomic E-state index is 0.0450. The van der Waals surface area contributed by atoms with E-state index in [1.54, 1.807) is 30.3 Å². The summed E-state index contributed by atoms with van der Waals surface area (Å²) in [5.74, 6) is -0.0450. The molecule has 0 saturated carbocycles. The van der Waals surface area contributed by atoms with Gasteiger partial charge in [-0.25, -0.2) is 0 Å². The predicted octanol–water partition coefficient (Wildman–Crippen LogP) is 1.75. The quantitative estimate of drug-likeness (QED) is 0.443. The normalized spacial score (nSPS) is 10.0. The van der Waals surface area contributed by atoms with Crippen molar-refractivity contribution in [1.29, 1.82) is 0 Å². The van der Waals surface area contributed by atoms with Crippen LogP contribution in [0.1, 0.15) is 16.1 Å². The fraction of sp³-hybridized carbons (Fsp3) is 0.0769. The molecular formula is C13H11NO2. The Labute approximate surface area is 93.6 Å². The molecule has 2 rings (SSSR count). The third kappa shape index (κ3) is 2.25. The topological polar surface area (TPSA) is 44.0 Å². The van der Waals surface area contributed by atoms with Gasteiger partial charge in [-0.2, -0.15) is 4.73 Å². The van der Waals surface area contributed by atoms with Gasteiger partial charge in [0.25, 0.3) is 0 Å². The zero-order chi connectivity index (χ0) is 11.4. The number of nitrogens with zero attached hydrogens (tertiary/aromatic N) is 1. The van der Waals surface area contributed by atoms with E-state index < -0.39 is 0 Å². The summed E-state index contributed by atoms with van der Waals surface area (Å²) in [7, 11) is 0. The highest BCUT2D eigenvalue weighted by molar-refractivity contribution is 5.97. The molecule has 0 unspecified atom stereocenters. The number of hydrogen-bond acceptors (Lipinski definition) is 2. The Morgan fingerprint density at radius 1 is 1.06 bits per heavy atom. The van der Waals surface area contributed by atoms with Crippen LogP contribution < -0.4 is 4.73 Å². The van der Waals surface area contributed by atoms with E-state index in [1.165, 1.54) is 6.20 Å². The molecule has 0 aliphatic carbocycles. The summed E-state index contributed by atoms with van der Waals surface area (Å²) in [4.78, 5) is 11.8. The first-order valence-corrected chi connectivity index (χ1v) is 5.02. The van der Waals surface area contributed by atoms with Gasteiger partial charge in [0.05, 0.1) is 6.42 Å². The van der Waals surface area contributed by atoms with E-state index in [1.807, 2.05) is 18.2 Å². The van der Waals surface area contributed by atoms with Crippen LogP contribution in [0.2, 0.25) is 0 Å². The number of benzene rings is 1. The summed E-state index contributed by atoms with van der Waals surface area (Å²) < 4.78 is 0.723. The Morgan fingerprint density at radius 3 is 2.44 bits per heavy atom. The maximum atomic E-state index is 11.8. The Bertz CT molecular complexity index is 494. The van der Waals surface area contributed by atoms with Crippen LogP contribution in [0.4, 0.5) is 0 Å².